The third-order valence-corrected chi connectivity index (χ3v) is 3.31. The van der Waals surface area contributed by atoms with Crippen molar-refractivity contribution < 1.29 is 14.7 Å². The molecule has 94 valence electrons. The van der Waals surface area contributed by atoms with Crippen molar-refractivity contribution in [2.24, 2.45) is 11.7 Å². The van der Waals surface area contributed by atoms with Gasteiger partial charge in [0, 0.05) is 16.8 Å². The molecule has 0 bridgehead atoms. The van der Waals surface area contributed by atoms with Crippen LogP contribution < -0.4 is 11.1 Å². The van der Waals surface area contributed by atoms with Crippen LogP contribution in [0.15, 0.2) is 11.4 Å². The molecule has 1 rings (SSSR count). The number of hydrogen-bond acceptors (Lipinski definition) is 4. The second-order valence-corrected chi connectivity index (χ2v) is 5.11. The van der Waals surface area contributed by atoms with Gasteiger partial charge in [0.05, 0.1) is 11.6 Å². The van der Waals surface area contributed by atoms with Crippen LogP contribution in [0.3, 0.4) is 0 Å². The molecule has 0 aliphatic carbocycles. The fourth-order valence-corrected chi connectivity index (χ4v) is 2.27. The minimum Gasteiger partial charge on any atom is -0.478 e. The molecule has 0 spiro atoms. The first-order chi connectivity index (χ1) is 7.91. The average molecular weight is 256 g/mol. The Balaban J connectivity index is 2.59. The van der Waals surface area contributed by atoms with E-state index in [4.69, 9.17) is 10.8 Å². The molecule has 0 aliphatic heterocycles. The zero-order valence-corrected chi connectivity index (χ0v) is 10.6. The molecule has 1 aromatic heterocycles. The Kier molecular flexibility index (Phi) is 4.65. The van der Waals surface area contributed by atoms with Crippen LogP contribution in [-0.4, -0.2) is 23.0 Å². The zero-order valence-electron chi connectivity index (χ0n) is 9.77. The van der Waals surface area contributed by atoms with E-state index in [1.54, 1.807) is 11.4 Å². The van der Waals surface area contributed by atoms with Crippen LogP contribution >= 0.6 is 11.3 Å². The van der Waals surface area contributed by atoms with Crippen LogP contribution in [0.5, 0.6) is 0 Å². The van der Waals surface area contributed by atoms with Gasteiger partial charge < -0.3 is 16.2 Å². The average Bonchev–Trinajstić information content (AvgIpc) is 2.65. The molecule has 1 amide bonds. The lowest BCUT2D eigenvalue weighted by molar-refractivity contribution is -0.121. The predicted octanol–water partition coefficient (Wildman–Crippen LogP) is 1.05. The smallest absolute Gasteiger partial charge is 0.336 e. The van der Waals surface area contributed by atoms with E-state index < -0.39 is 17.9 Å². The van der Waals surface area contributed by atoms with Crippen LogP contribution in [0, 0.1) is 5.92 Å². The maximum Gasteiger partial charge on any atom is 0.336 e. The number of carboxylic acid groups (broad SMARTS) is 1. The van der Waals surface area contributed by atoms with Crippen LogP contribution in [0.2, 0.25) is 0 Å². The van der Waals surface area contributed by atoms with E-state index in [1.165, 1.54) is 11.3 Å². The van der Waals surface area contributed by atoms with Crippen molar-refractivity contribution in [1.29, 1.82) is 0 Å². The van der Waals surface area contributed by atoms with Crippen molar-refractivity contribution in [3.05, 3.63) is 21.9 Å². The van der Waals surface area contributed by atoms with Gasteiger partial charge in [0.2, 0.25) is 5.91 Å². The molecular formula is C11H16N2O3S. The Morgan fingerprint density at radius 2 is 2.18 bits per heavy atom. The van der Waals surface area contributed by atoms with Crippen molar-refractivity contribution in [1.82, 2.24) is 5.32 Å². The second kappa shape index (κ2) is 5.79. The van der Waals surface area contributed by atoms with Crippen LogP contribution in [-0.2, 0) is 11.3 Å². The highest BCUT2D eigenvalue weighted by Gasteiger charge is 2.18. The van der Waals surface area contributed by atoms with Gasteiger partial charge in [0.15, 0.2) is 0 Å². The Morgan fingerprint density at radius 3 is 2.59 bits per heavy atom. The minimum absolute atomic E-state index is 0.103. The maximum absolute atomic E-state index is 11.1. The van der Waals surface area contributed by atoms with E-state index in [0.717, 1.165) is 4.88 Å². The van der Waals surface area contributed by atoms with E-state index in [-0.39, 0.29) is 11.5 Å². The number of aromatic carboxylic acids is 1. The number of nitrogens with one attached hydrogen (secondary N) is 1. The fourth-order valence-electron chi connectivity index (χ4n) is 1.46. The summed E-state index contributed by atoms with van der Waals surface area (Å²) in [5, 5.41) is 13.4. The molecule has 0 radical (unpaired) electrons. The topological polar surface area (TPSA) is 92.4 Å². The lowest BCUT2D eigenvalue weighted by Crippen LogP contribution is -2.44. The van der Waals surface area contributed by atoms with Gasteiger partial charge in [-0.3, -0.25) is 4.79 Å². The number of carbonyl (C=O) groups is 2. The van der Waals surface area contributed by atoms with E-state index in [1.807, 2.05) is 13.8 Å². The number of amides is 1. The van der Waals surface area contributed by atoms with Crippen LogP contribution in [0.4, 0.5) is 0 Å². The van der Waals surface area contributed by atoms with Crippen LogP contribution in [0.1, 0.15) is 29.1 Å². The molecule has 1 aromatic rings. The van der Waals surface area contributed by atoms with E-state index in [2.05, 4.69) is 5.32 Å². The quantitative estimate of drug-likeness (QED) is 0.709. The monoisotopic (exact) mass is 256 g/mol. The lowest BCUT2D eigenvalue weighted by atomic mass is 10.0. The molecule has 0 fully saturated rings. The molecule has 17 heavy (non-hydrogen) atoms. The SMILES string of the molecule is CC(C)C(NCc1cc(C(=O)O)cs1)C(N)=O. The van der Waals surface area contributed by atoms with Gasteiger partial charge in [-0.25, -0.2) is 4.79 Å². The molecular weight excluding hydrogens is 240 g/mol. The largest absolute Gasteiger partial charge is 0.478 e. The molecule has 4 N–H and O–H groups in total. The second-order valence-electron chi connectivity index (χ2n) is 4.11. The number of carbonyl (C=O) groups excluding carboxylic acids is 1. The third kappa shape index (κ3) is 3.83. The summed E-state index contributed by atoms with van der Waals surface area (Å²) in [5.74, 6) is -1.23. The molecule has 0 aliphatic rings. The van der Waals surface area contributed by atoms with Gasteiger partial charge in [0.25, 0.3) is 0 Å². The first-order valence-corrected chi connectivity index (χ1v) is 6.13. The first kappa shape index (κ1) is 13.7. The lowest BCUT2D eigenvalue weighted by Gasteiger charge is -2.18. The number of rotatable bonds is 6. The van der Waals surface area contributed by atoms with Gasteiger partial charge in [0.1, 0.15) is 0 Å². The predicted molar refractivity (Wildman–Crippen MR) is 65.9 cm³/mol. The Bertz CT molecular complexity index is 415. The highest BCUT2D eigenvalue weighted by Crippen LogP contribution is 2.15. The molecule has 1 unspecified atom stereocenters. The van der Waals surface area contributed by atoms with Gasteiger partial charge >= 0.3 is 5.97 Å². The summed E-state index contributed by atoms with van der Waals surface area (Å²) in [4.78, 5) is 22.7. The van der Waals surface area contributed by atoms with Crippen LogP contribution in [0.25, 0.3) is 0 Å². The third-order valence-electron chi connectivity index (χ3n) is 2.37. The molecule has 0 saturated heterocycles. The van der Waals surface area contributed by atoms with Crippen molar-refractivity contribution >= 4 is 23.2 Å². The number of carboxylic acids is 1. The zero-order chi connectivity index (χ0) is 13.0. The summed E-state index contributed by atoms with van der Waals surface area (Å²) in [6.07, 6.45) is 0. The molecule has 1 heterocycles. The molecule has 0 aromatic carbocycles. The number of primary amides is 1. The minimum atomic E-state index is -0.942. The molecule has 6 heteroatoms. The summed E-state index contributed by atoms with van der Waals surface area (Å²) >= 11 is 1.35. The Hall–Kier alpha value is -1.40. The molecule has 0 saturated carbocycles. The summed E-state index contributed by atoms with van der Waals surface area (Å²) in [6, 6.07) is 1.20. The Morgan fingerprint density at radius 1 is 1.53 bits per heavy atom. The first-order valence-electron chi connectivity index (χ1n) is 5.25. The van der Waals surface area contributed by atoms with Gasteiger partial charge in [-0.2, -0.15) is 0 Å². The summed E-state index contributed by atoms with van der Waals surface area (Å²) in [7, 11) is 0. The van der Waals surface area contributed by atoms with Gasteiger partial charge in [-0.1, -0.05) is 13.8 Å². The Labute approximate surface area is 104 Å². The molecule has 1 atom stereocenters. The van der Waals surface area contributed by atoms with Crippen molar-refractivity contribution in [2.45, 2.75) is 26.4 Å². The normalized spacial score (nSPS) is 12.6. The van der Waals surface area contributed by atoms with Gasteiger partial charge in [-0.15, -0.1) is 11.3 Å². The molecule has 5 nitrogen and oxygen atoms in total. The summed E-state index contributed by atoms with van der Waals surface area (Å²) in [5.41, 5.74) is 5.53. The maximum atomic E-state index is 11.1. The van der Waals surface area contributed by atoms with E-state index >= 15 is 0 Å². The van der Waals surface area contributed by atoms with E-state index in [0.29, 0.717) is 6.54 Å². The standard InChI is InChI=1S/C11H16N2O3S/c1-6(2)9(10(12)14)13-4-8-3-7(5-17-8)11(15)16/h3,5-6,9,13H,4H2,1-2H3,(H2,12,14)(H,15,16). The summed E-state index contributed by atoms with van der Waals surface area (Å²) in [6.45, 7) is 4.25. The number of nitrogens with two attached hydrogens (primary N) is 1. The van der Waals surface area contributed by atoms with Crippen molar-refractivity contribution in [3.63, 3.8) is 0 Å². The number of thiophene rings is 1. The fraction of sp³-hybridized carbons (Fsp3) is 0.455. The van der Waals surface area contributed by atoms with Crippen molar-refractivity contribution in [3.8, 4) is 0 Å². The highest BCUT2D eigenvalue weighted by atomic mass is 32.1. The van der Waals surface area contributed by atoms with Gasteiger partial charge in [-0.05, 0) is 12.0 Å². The van der Waals surface area contributed by atoms with Crippen molar-refractivity contribution in [2.75, 3.05) is 0 Å². The highest BCUT2D eigenvalue weighted by molar-refractivity contribution is 7.10. The summed E-state index contributed by atoms with van der Waals surface area (Å²) < 4.78 is 0. The van der Waals surface area contributed by atoms with E-state index in [9.17, 15) is 9.59 Å². The number of hydrogen-bond donors (Lipinski definition) is 3.